The van der Waals surface area contributed by atoms with Crippen molar-refractivity contribution in [2.24, 2.45) is 5.92 Å². The van der Waals surface area contributed by atoms with Gasteiger partial charge in [-0.3, -0.25) is 4.79 Å². The van der Waals surface area contributed by atoms with Gasteiger partial charge in [0.25, 0.3) is 5.91 Å². The number of rotatable bonds is 5. The quantitative estimate of drug-likeness (QED) is 0.855. The molecule has 1 fully saturated rings. The monoisotopic (exact) mass is 287 g/mol. The van der Waals surface area contributed by atoms with Gasteiger partial charge < -0.3 is 14.5 Å². The molecule has 0 saturated heterocycles. The fourth-order valence-electron chi connectivity index (χ4n) is 2.29. The van der Waals surface area contributed by atoms with E-state index in [-0.39, 0.29) is 18.6 Å². The van der Waals surface area contributed by atoms with E-state index >= 15 is 0 Å². The van der Waals surface area contributed by atoms with E-state index in [0.29, 0.717) is 17.3 Å². The van der Waals surface area contributed by atoms with Crippen LogP contribution in [0.2, 0.25) is 0 Å². The third-order valence-electron chi connectivity index (χ3n) is 3.68. The first-order valence-corrected chi connectivity index (χ1v) is 7.08. The Bertz CT molecular complexity index is 718. The Morgan fingerprint density at radius 3 is 2.90 bits per heavy atom. The Hall–Kier alpha value is -2.30. The number of nitrogens with one attached hydrogen (secondary N) is 1. The average Bonchev–Trinajstić information content (AvgIpc) is 3.29. The minimum absolute atomic E-state index is 0.0420. The van der Waals surface area contributed by atoms with Gasteiger partial charge in [-0.05, 0) is 43.9 Å². The van der Waals surface area contributed by atoms with Crippen LogP contribution in [0.5, 0.6) is 5.75 Å². The van der Waals surface area contributed by atoms with Crippen molar-refractivity contribution in [2.75, 3.05) is 6.61 Å². The lowest BCUT2D eigenvalue weighted by atomic mass is 10.2. The molecule has 1 aliphatic carbocycles. The van der Waals surface area contributed by atoms with Crippen molar-refractivity contribution in [1.82, 2.24) is 5.32 Å². The van der Waals surface area contributed by atoms with E-state index in [1.165, 1.54) is 18.9 Å². The maximum Gasteiger partial charge on any atom is 0.336 e. The van der Waals surface area contributed by atoms with Gasteiger partial charge >= 0.3 is 5.63 Å². The van der Waals surface area contributed by atoms with Crippen LogP contribution in [0.4, 0.5) is 0 Å². The molecule has 1 aromatic carbocycles. The van der Waals surface area contributed by atoms with Crippen LogP contribution in [0.25, 0.3) is 11.0 Å². The van der Waals surface area contributed by atoms with Crippen molar-refractivity contribution in [3.8, 4) is 5.75 Å². The Morgan fingerprint density at radius 2 is 2.14 bits per heavy atom. The molecule has 5 heteroatoms. The highest BCUT2D eigenvalue weighted by molar-refractivity contribution is 5.79. The van der Waals surface area contributed by atoms with Gasteiger partial charge in [0.05, 0.1) is 0 Å². The molecule has 0 bridgehead atoms. The molecule has 1 aliphatic rings. The SMILES string of the molecule is C[C@@H](NC(=O)COc1ccc2ccc(=O)oc2c1)C1CC1. The summed E-state index contributed by atoms with van der Waals surface area (Å²) in [7, 11) is 0. The van der Waals surface area contributed by atoms with Crippen molar-refractivity contribution >= 4 is 16.9 Å². The van der Waals surface area contributed by atoms with Crippen molar-refractivity contribution in [3.63, 3.8) is 0 Å². The molecule has 1 atom stereocenters. The summed E-state index contributed by atoms with van der Waals surface area (Å²) in [4.78, 5) is 22.9. The topological polar surface area (TPSA) is 68.5 Å². The van der Waals surface area contributed by atoms with Crippen LogP contribution >= 0.6 is 0 Å². The van der Waals surface area contributed by atoms with E-state index in [2.05, 4.69) is 5.32 Å². The second-order valence-corrected chi connectivity index (χ2v) is 5.44. The molecule has 0 radical (unpaired) electrons. The molecule has 1 heterocycles. The molecule has 5 nitrogen and oxygen atoms in total. The van der Waals surface area contributed by atoms with Gasteiger partial charge in [-0.2, -0.15) is 0 Å². The summed E-state index contributed by atoms with van der Waals surface area (Å²) < 4.78 is 10.5. The van der Waals surface area contributed by atoms with Crippen molar-refractivity contribution < 1.29 is 13.9 Å². The van der Waals surface area contributed by atoms with Crippen LogP contribution in [-0.4, -0.2) is 18.6 Å². The van der Waals surface area contributed by atoms with Gasteiger partial charge in [-0.15, -0.1) is 0 Å². The third-order valence-corrected chi connectivity index (χ3v) is 3.68. The van der Waals surface area contributed by atoms with Crippen LogP contribution in [0, 0.1) is 5.92 Å². The fraction of sp³-hybridized carbons (Fsp3) is 0.375. The van der Waals surface area contributed by atoms with Crippen LogP contribution in [-0.2, 0) is 4.79 Å². The summed E-state index contributed by atoms with van der Waals surface area (Å²) in [5.74, 6) is 0.985. The largest absolute Gasteiger partial charge is 0.484 e. The molecule has 1 N–H and O–H groups in total. The maximum atomic E-state index is 11.8. The number of hydrogen-bond acceptors (Lipinski definition) is 4. The molecule has 2 aromatic rings. The second-order valence-electron chi connectivity index (χ2n) is 5.44. The lowest BCUT2D eigenvalue weighted by Crippen LogP contribution is -2.37. The molecule has 110 valence electrons. The van der Waals surface area contributed by atoms with Gasteiger partial charge in [-0.1, -0.05) is 0 Å². The smallest absolute Gasteiger partial charge is 0.336 e. The van der Waals surface area contributed by atoms with Gasteiger partial charge in [0.1, 0.15) is 11.3 Å². The summed E-state index contributed by atoms with van der Waals surface area (Å²) in [6.45, 7) is 1.97. The second kappa shape index (κ2) is 5.60. The first-order chi connectivity index (χ1) is 10.1. The predicted molar refractivity (Wildman–Crippen MR) is 78.3 cm³/mol. The number of carbonyl (C=O) groups excluding carboxylic acids is 1. The van der Waals surface area contributed by atoms with Crippen molar-refractivity contribution in [1.29, 1.82) is 0 Å². The van der Waals surface area contributed by atoms with E-state index < -0.39 is 5.63 Å². The van der Waals surface area contributed by atoms with Crippen LogP contribution in [0.3, 0.4) is 0 Å². The Kier molecular flexibility index (Phi) is 3.64. The highest BCUT2D eigenvalue weighted by Gasteiger charge is 2.28. The Balaban J connectivity index is 1.61. The summed E-state index contributed by atoms with van der Waals surface area (Å²) >= 11 is 0. The molecular formula is C16H17NO4. The predicted octanol–water partition coefficient (Wildman–Crippen LogP) is 2.09. The lowest BCUT2D eigenvalue weighted by molar-refractivity contribution is -0.123. The average molecular weight is 287 g/mol. The third kappa shape index (κ3) is 3.42. The zero-order valence-electron chi connectivity index (χ0n) is 11.8. The molecule has 0 aliphatic heterocycles. The molecule has 21 heavy (non-hydrogen) atoms. The normalized spacial score (nSPS) is 15.7. The molecule has 0 unspecified atom stereocenters. The summed E-state index contributed by atoms with van der Waals surface area (Å²) in [5.41, 5.74) is 0.0439. The van der Waals surface area contributed by atoms with E-state index in [4.69, 9.17) is 9.15 Å². The first kappa shape index (κ1) is 13.7. The van der Waals surface area contributed by atoms with E-state index in [9.17, 15) is 9.59 Å². The number of fused-ring (bicyclic) bond motifs is 1. The summed E-state index contributed by atoms with van der Waals surface area (Å²) in [6, 6.07) is 8.42. The fourth-order valence-corrected chi connectivity index (χ4v) is 2.29. The van der Waals surface area contributed by atoms with E-state index in [1.807, 2.05) is 6.92 Å². The van der Waals surface area contributed by atoms with Crippen LogP contribution in [0.1, 0.15) is 19.8 Å². The summed E-state index contributed by atoms with van der Waals surface area (Å²) in [6.07, 6.45) is 2.37. The van der Waals surface area contributed by atoms with Gasteiger partial charge in [0.15, 0.2) is 6.61 Å². The van der Waals surface area contributed by atoms with Gasteiger partial charge in [0.2, 0.25) is 0 Å². The van der Waals surface area contributed by atoms with Gasteiger partial charge in [-0.25, -0.2) is 4.79 Å². The maximum absolute atomic E-state index is 11.8. The van der Waals surface area contributed by atoms with E-state index in [0.717, 1.165) is 5.39 Å². The molecule has 0 spiro atoms. The standard InChI is InChI=1S/C16H17NO4/c1-10(11-2-3-11)17-15(18)9-20-13-6-4-12-5-7-16(19)21-14(12)8-13/h4-8,10-11H,2-3,9H2,1H3,(H,17,18)/t10-/m1/s1. The minimum atomic E-state index is -0.407. The highest BCUT2D eigenvalue weighted by atomic mass is 16.5. The minimum Gasteiger partial charge on any atom is -0.484 e. The number of ether oxygens (including phenoxy) is 1. The van der Waals surface area contributed by atoms with Crippen LogP contribution in [0.15, 0.2) is 39.5 Å². The molecule has 1 amide bonds. The number of carbonyl (C=O) groups is 1. The zero-order chi connectivity index (χ0) is 14.8. The number of benzene rings is 1. The molecular weight excluding hydrogens is 270 g/mol. The van der Waals surface area contributed by atoms with Crippen molar-refractivity contribution in [3.05, 3.63) is 40.8 Å². The van der Waals surface area contributed by atoms with Crippen LogP contribution < -0.4 is 15.7 Å². The van der Waals surface area contributed by atoms with Crippen molar-refractivity contribution in [2.45, 2.75) is 25.8 Å². The lowest BCUT2D eigenvalue weighted by Gasteiger charge is -2.13. The molecule has 3 rings (SSSR count). The Morgan fingerprint density at radius 1 is 1.38 bits per heavy atom. The first-order valence-electron chi connectivity index (χ1n) is 7.08. The van der Waals surface area contributed by atoms with Gasteiger partial charge in [0, 0.05) is 23.6 Å². The summed E-state index contributed by atoms with van der Waals surface area (Å²) in [5, 5.41) is 3.73. The molecule has 1 aromatic heterocycles. The zero-order valence-corrected chi connectivity index (χ0v) is 11.8. The van der Waals surface area contributed by atoms with E-state index in [1.54, 1.807) is 24.3 Å². The number of amides is 1. The Labute approximate surface area is 121 Å². The molecule has 1 saturated carbocycles. The number of hydrogen-bond donors (Lipinski definition) is 1. The highest BCUT2D eigenvalue weighted by Crippen LogP contribution is 2.32.